The molecule has 3 aliphatic rings. The third kappa shape index (κ3) is 10.7. The molecule has 0 aliphatic heterocycles. The standard InChI is InChI=1S/C33H33.C13H19.C3H6.2ClH.Zr/c1-32(2,3)30-20-26-24(18-28(30)22-13-9-7-10-14-22)17-25-19-29(23-15-11-8-12-16-23)31(21-27(25)26)33(4,5)6;1-11-6-7-12(10-11)13(2)8-4-3-5-9-13;1-3-2;;;/h7-16,18,20-21H,17H2,1-6H3;7,10-11H,3-5,8-9H2,1-2H3;1-2H3;2*1H;/q2*-1;;;;+2/p-2. The van der Waals surface area contributed by atoms with Gasteiger partial charge in [0.05, 0.1) is 0 Å². The Morgan fingerprint density at radius 3 is 1.73 bits per heavy atom. The number of fused-ring (bicyclic) bond motifs is 3. The van der Waals surface area contributed by atoms with E-state index in [9.17, 15) is 0 Å². The average Bonchev–Trinajstić information content (AvgIpc) is 3.67. The second-order valence-corrected chi connectivity index (χ2v) is 19.7. The second kappa shape index (κ2) is 18.3. The van der Waals surface area contributed by atoms with E-state index in [2.05, 4.69) is 172 Å². The van der Waals surface area contributed by atoms with Crippen molar-refractivity contribution in [2.24, 2.45) is 11.3 Å². The number of hydrogen-bond donors (Lipinski definition) is 0. The van der Waals surface area contributed by atoms with Crippen LogP contribution >= 0.6 is 0 Å². The first kappa shape index (κ1) is 44.1. The molecule has 0 bridgehead atoms. The summed E-state index contributed by atoms with van der Waals surface area (Å²) in [6.45, 7) is 22.8. The molecule has 0 saturated heterocycles. The normalized spacial score (nSPS) is 16.8. The molecule has 0 spiro atoms. The Labute approximate surface area is 344 Å². The van der Waals surface area contributed by atoms with Gasteiger partial charge in [-0.1, -0.05) is 188 Å². The Bertz CT molecular complexity index is 1750. The first-order chi connectivity index (χ1) is 23.6. The molecule has 1 saturated carbocycles. The zero-order valence-electron chi connectivity index (χ0n) is 33.2. The third-order valence-corrected chi connectivity index (χ3v) is 10.4. The Hall–Kier alpha value is -2.31. The molecule has 3 heteroatoms. The Kier molecular flexibility index (Phi) is 15.6. The van der Waals surface area contributed by atoms with Gasteiger partial charge in [0.25, 0.3) is 0 Å². The van der Waals surface area contributed by atoms with E-state index in [0.29, 0.717) is 11.3 Å². The summed E-state index contributed by atoms with van der Waals surface area (Å²) < 4.78 is 1.51. The monoisotopic (exact) mass is 806 g/mol. The molecule has 4 aromatic rings. The van der Waals surface area contributed by atoms with Crippen LogP contribution < -0.4 is 24.8 Å². The molecule has 0 aromatic heterocycles. The number of benzene rings is 4. The molecule has 4 aromatic carbocycles. The molecule has 1 unspecified atom stereocenters. The van der Waals surface area contributed by atoms with Crippen LogP contribution in [0.3, 0.4) is 0 Å². The smallest absolute Gasteiger partial charge is 1.00 e. The Morgan fingerprint density at radius 1 is 0.712 bits per heavy atom. The average molecular weight is 809 g/mol. The summed E-state index contributed by atoms with van der Waals surface area (Å²) in [5.41, 5.74) is 15.5. The summed E-state index contributed by atoms with van der Waals surface area (Å²) in [7, 11) is 0. The number of allylic oxidation sites excluding steroid dienone is 4. The maximum atomic E-state index is 3.88. The van der Waals surface area contributed by atoms with Crippen LogP contribution in [0.5, 0.6) is 0 Å². The largest absolute Gasteiger partial charge is 1.00 e. The van der Waals surface area contributed by atoms with Gasteiger partial charge >= 0.3 is 41.3 Å². The first-order valence-corrected chi connectivity index (χ1v) is 20.0. The topological polar surface area (TPSA) is 0 Å². The van der Waals surface area contributed by atoms with Gasteiger partial charge in [-0.25, -0.2) is 6.08 Å². The molecule has 0 N–H and O–H groups in total. The van der Waals surface area contributed by atoms with Crippen molar-refractivity contribution in [3.8, 4) is 33.4 Å². The van der Waals surface area contributed by atoms with Gasteiger partial charge in [-0.3, -0.25) is 6.08 Å². The molecule has 7 rings (SSSR count). The van der Waals surface area contributed by atoms with Crippen molar-refractivity contribution in [3.63, 3.8) is 0 Å². The van der Waals surface area contributed by atoms with Crippen molar-refractivity contribution < 1.29 is 49.0 Å². The van der Waals surface area contributed by atoms with Gasteiger partial charge < -0.3 is 24.8 Å². The molecular formula is C49H58Cl2Zr-2. The van der Waals surface area contributed by atoms with E-state index in [1.54, 1.807) is 29.8 Å². The van der Waals surface area contributed by atoms with E-state index in [1.165, 1.54) is 90.9 Å². The van der Waals surface area contributed by atoms with Crippen LogP contribution in [0, 0.1) is 23.5 Å². The fourth-order valence-corrected chi connectivity index (χ4v) is 7.68. The van der Waals surface area contributed by atoms with Gasteiger partial charge in [-0.05, 0) is 39.5 Å². The van der Waals surface area contributed by atoms with E-state index in [1.807, 2.05) is 0 Å². The molecular weight excluding hydrogens is 751 g/mol. The van der Waals surface area contributed by atoms with Crippen molar-refractivity contribution in [1.29, 1.82) is 0 Å². The molecule has 0 amide bonds. The van der Waals surface area contributed by atoms with Gasteiger partial charge in [0.2, 0.25) is 0 Å². The van der Waals surface area contributed by atoms with Crippen LogP contribution in [-0.2, 0) is 41.5 Å². The van der Waals surface area contributed by atoms with Gasteiger partial charge in [-0.2, -0.15) is 11.6 Å². The maximum Gasteiger partial charge on any atom is -1.00 e. The predicted molar refractivity (Wildman–Crippen MR) is 214 cm³/mol. The van der Waals surface area contributed by atoms with E-state index in [0.717, 1.165) is 6.42 Å². The zero-order chi connectivity index (χ0) is 36.3. The van der Waals surface area contributed by atoms with Gasteiger partial charge in [0, 0.05) is 0 Å². The Morgan fingerprint density at radius 2 is 1.23 bits per heavy atom. The minimum atomic E-state index is 0. The summed E-state index contributed by atoms with van der Waals surface area (Å²) in [6, 6.07) is 32.8. The molecule has 0 nitrogen and oxygen atoms in total. The molecule has 0 heterocycles. The van der Waals surface area contributed by atoms with Crippen LogP contribution in [0.25, 0.3) is 33.4 Å². The minimum absolute atomic E-state index is 0. The van der Waals surface area contributed by atoms with Gasteiger partial charge in [0.15, 0.2) is 0 Å². The molecule has 1 fully saturated rings. The summed E-state index contributed by atoms with van der Waals surface area (Å²) in [4.78, 5) is 0. The van der Waals surface area contributed by atoms with Crippen LogP contribution in [0.2, 0.25) is 0 Å². The summed E-state index contributed by atoms with van der Waals surface area (Å²) >= 11 is 1.55. The van der Waals surface area contributed by atoms with Crippen molar-refractivity contribution in [2.75, 3.05) is 0 Å². The van der Waals surface area contributed by atoms with E-state index < -0.39 is 0 Å². The summed E-state index contributed by atoms with van der Waals surface area (Å²) in [5, 5.41) is 0. The quantitative estimate of drug-likeness (QED) is 0.165. The van der Waals surface area contributed by atoms with Crippen molar-refractivity contribution in [1.82, 2.24) is 0 Å². The SMILES string of the molecule is CC(C)(C)c1cc2c([c-]c1-c1ccccc1)Cc1cc(-c3ccccc3)c(C(C)(C)C)cc1-2.CC1[C-]=CC(C2(C)CCCCC2)=C1.C[C](C)=[Zr+2].[Cl-].[Cl-]. The van der Waals surface area contributed by atoms with Crippen LogP contribution in [0.15, 0.2) is 96.6 Å². The van der Waals surface area contributed by atoms with E-state index in [-0.39, 0.29) is 35.6 Å². The predicted octanol–water partition coefficient (Wildman–Crippen LogP) is 7.63. The number of hydrogen-bond acceptors (Lipinski definition) is 0. The number of halogens is 2. The van der Waals surface area contributed by atoms with Crippen LogP contribution in [-0.4, -0.2) is 3.21 Å². The van der Waals surface area contributed by atoms with Gasteiger partial charge in [0.1, 0.15) is 0 Å². The fraction of sp³-hybridized carbons (Fsp3) is 0.408. The zero-order valence-corrected chi connectivity index (χ0v) is 37.2. The van der Waals surface area contributed by atoms with Crippen LogP contribution in [0.4, 0.5) is 0 Å². The van der Waals surface area contributed by atoms with Crippen molar-refractivity contribution in [3.05, 3.63) is 131 Å². The molecule has 274 valence electrons. The fourth-order valence-electron chi connectivity index (χ4n) is 7.68. The van der Waals surface area contributed by atoms with Crippen molar-refractivity contribution >= 4 is 3.21 Å². The number of rotatable bonds is 3. The minimum Gasteiger partial charge on any atom is -1.00 e. The molecule has 3 aliphatic carbocycles. The van der Waals surface area contributed by atoms with Gasteiger partial charge in [-0.15, -0.1) is 28.8 Å². The second-order valence-electron chi connectivity index (χ2n) is 17.3. The maximum absolute atomic E-state index is 3.88. The third-order valence-electron chi connectivity index (χ3n) is 10.4. The Balaban J connectivity index is 0.000000320. The first-order valence-electron chi connectivity index (χ1n) is 18.8. The summed E-state index contributed by atoms with van der Waals surface area (Å²) in [6.07, 6.45) is 16.0. The summed E-state index contributed by atoms with van der Waals surface area (Å²) in [5.74, 6) is 0.550. The van der Waals surface area contributed by atoms with Crippen LogP contribution in [0.1, 0.15) is 124 Å². The van der Waals surface area contributed by atoms with E-state index in [4.69, 9.17) is 0 Å². The molecule has 1 atom stereocenters. The molecule has 0 radical (unpaired) electrons. The van der Waals surface area contributed by atoms with Crippen molar-refractivity contribution in [2.45, 2.75) is 119 Å². The van der Waals surface area contributed by atoms with E-state index >= 15 is 0 Å². The molecule has 52 heavy (non-hydrogen) atoms.